The standard InChI is InChI=1S/C24H25F7N4O2/c1-4-32-21(36)35-12-19(14-5-7-17(25)8-6-14)20(13-35)34(3)22(37)33(2)18-10-15(23(26,27)28)9-16(11-18)24(29,30)31/h5-11,19-20H,4,12-13H2,1-3H3,(H,32,36)/t19-,20+/m0/s1. The lowest BCUT2D eigenvalue weighted by molar-refractivity contribution is -0.143. The largest absolute Gasteiger partial charge is 0.416 e. The number of likely N-dealkylation sites (tertiary alicyclic amines) is 1. The first-order valence-corrected chi connectivity index (χ1v) is 11.2. The zero-order valence-electron chi connectivity index (χ0n) is 20.1. The molecule has 0 saturated carbocycles. The molecule has 13 heteroatoms. The summed E-state index contributed by atoms with van der Waals surface area (Å²) in [5, 5.41) is 2.65. The minimum Gasteiger partial charge on any atom is -0.338 e. The van der Waals surface area contributed by atoms with Crippen molar-refractivity contribution in [2.45, 2.75) is 31.2 Å². The Morgan fingerprint density at radius 3 is 1.97 bits per heavy atom. The van der Waals surface area contributed by atoms with Crippen LogP contribution in [-0.4, -0.2) is 61.6 Å². The maximum atomic E-state index is 13.5. The number of nitrogens with zero attached hydrogens (tertiary/aromatic N) is 3. The Hall–Kier alpha value is -3.51. The Labute approximate surface area is 208 Å². The summed E-state index contributed by atoms with van der Waals surface area (Å²) < 4.78 is 93.3. The van der Waals surface area contributed by atoms with Gasteiger partial charge in [-0.05, 0) is 42.8 Å². The first kappa shape index (κ1) is 28.1. The molecule has 6 nitrogen and oxygen atoms in total. The molecular weight excluding hydrogens is 509 g/mol. The van der Waals surface area contributed by atoms with Crippen molar-refractivity contribution in [3.63, 3.8) is 0 Å². The minimum absolute atomic E-state index is 0.0166. The van der Waals surface area contributed by atoms with Gasteiger partial charge in [0.25, 0.3) is 0 Å². The zero-order chi connectivity index (χ0) is 27.7. The van der Waals surface area contributed by atoms with Crippen LogP contribution in [0.1, 0.15) is 29.5 Å². The van der Waals surface area contributed by atoms with Gasteiger partial charge in [-0.3, -0.25) is 4.90 Å². The predicted octanol–water partition coefficient (Wildman–Crippen LogP) is 5.55. The summed E-state index contributed by atoms with van der Waals surface area (Å²) in [5.41, 5.74) is -3.09. The Morgan fingerprint density at radius 1 is 0.946 bits per heavy atom. The zero-order valence-corrected chi connectivity index (χ0v) is 20.1. The Morgan fingerprint density at radius 2 is 1.49 bits per heavy atom. The van der Waals surface area contributed by atoms with Crippen LogP contribution in [0, 0.1) is 5.82 Å². The van der Waals surface area contributed by atoms with Gasteiger partial charge >= 0.3 is 24.4 Å². The average molecular weight is 534 g/mol. The minimum atomic E-state index is -5.07. The van der Waals surface area contributed by atoms with E-state index in [2.05, 4.69) is 5.32 Å². The van der Waals surface area contributed by atoms with E-state index in [1.165, 1.54) is 41.1 Å². The van der Waals surface area contributed by atoms with Gasteiger partial charge < -0.3 is 15.1 Å². The van der Waals surface area contributed by atoms with E-state index >= 15 is 0 Å². The summed E-state index contributed by atoms with van der Waals surface area (Å²) in [6, 6.07) is 4.36. The van der Waals surface area contributed by atoms with Gasteiger partial charge in [0.05, 0.1) is 17.2 Å². The van der Waals surface area contributed by atoms with Gasteiger partial charge in [0.1, 0.15) is 5.82 Å². The number of hydrogen-bond acceptors (Lipinski definition) is 2. The molecule has 1 heterocycles. The number of carbonyl (C=O) groups excluding carboxylic acids is 2. The Bertz CT molecular complexity index is 1100. The molecule has 0 radical (unpaired) electrons. The van der Waals surface area contributed by atoms with Crippen molar-refractivity contribution in [2.75, 3.05) is 38.6 Å². The highest BCUT2D eigenvalue weighted by molar-refractivity contribution is 5.92. The summed E-state index contributed by atoms with van der Waals surface area (Å²) in [7, 11) is 2.41. The highest BCUT2D eigenvalue weighted by Crippen LogP contribution is 2.39. The fraction of sp³-hybridized carbons (Fsp3) is 0.417. The van der Waals surface area contributed by atoms with Gasteiger partial charge in [0.15, 0.2) is 0 Å². The quantitative estimate of drug-likeness (QED) is 0.524. The number of rotatable bonds is 4. The highest BCUT2D eigenvalue weighted by atomic mass is 19.4. The monoisotopic (exact) mass is 534 g/mol. The molecular formula is C24H25F7N4O2. The molecule has 2 aromatic carbocycles. The normalized spacial score (nSPS) is 18.1. The van der Waals surface area contributed by atoms with Gasteiger partial charge in [0, 0.05) is 45.3 Å². The van der Waals surface area contributed by atoms with Gasteiger partial charge in [-0.15, -0.1) is 0 Å². The van der Waals surface area contributed by atoms with Gasteiger partial charge in [-0.25, -0.2) is 14.0 Å². The maximum absolute atomic E-state index is 13.5. The number of amides is 4. The molecule has 2 atom stereocenters. The second kappa shape index (κ2) is 10.5. The number of halogens is 7. The van der Waals surface area contributed by atoms with E-state index in [1.807, 2.05) is 0 Å². The molecule has 0 unspecified atom stereocenters. The third-order valence-electron chi connectivity index (χ3n) is 6.25. The van der Waals surface area contributed by atoms with Crippen LogP contribution in [0.25, 0.3) is 0 Å². The number of urea groups is 2. The molecule has 0 spiro atoms. The van der Waals surface area contributed by atoms with Crippen LogP contribution in [0.15, 0.2) is 42.5 Å². The van der Waals surface area contributed by atoms with Crippen LogP contribution in [-0.2, 0) is 12.4 Å². The summed E-state index contributed by atoms with van der Waals surface area (Å²) in [4.78, 5) is 29.1. The number of likely N-dealkylation sites (N-methyl/N-ethyl adjacent to an activating group) is 1. The number of benzene rings is 2. The van der Waals surface area contributed by atoms with Gasteiger partial charge in [-0.2, -0.15) is 26.3 Å². The molecule has 1 N–H and O–H groups in total. The summed E-state index contributed by atoms with van der Waals surface area (Å²) >= 11 is 0. The van der Waals surface area contributed by atoms with Crippen molar-refractivity contribution in [2.24, 2.45) is 0 Å². The third-order valence-corrected chi connectivity index (χ3v) is 6.25. The molecule has 1 aliphatic heterocycles. The van der Waals surface area contributed by atoms with Crippen LogP contribution in [0.5, 0.6) is 0 Å². The van der Waals surface area contributed by atoms with Crippen LogP contribution in [0.3, 0.4) is 0 Å². The fourth-order valence-electron chi connectivity index (χ4n) is 4.27. The summed E-state index contributed by atoms with van der Waals surface area (Å²) in [5.74, 6) is -0.981. The van der Waals surface area contributed by atoms with E-state index in [-0.39, 0.29) is 19.2 Å². The number of carbonyl (C=O) groups is 2. The highest BCUT2D eigenvalue weighted by Gasteiger charge is 2.42. The van der Waals surface area contributed by atoms with E-state index in [4.69, 9.17) is 0 Å². The molecule has 0 aliphatic carbocycles. The van der Waals surface area contributed by atoms with Crippen LogP contribution in [0.2, 0.25) is 0 Å². The molecule has 1 aliphatic rings. The van der Waals surface area contributed by atoms with E-state index in [0.29, 0.717) is 29.1 Å². The van der Waals surface area contributed by atoms with Gasteiger partial charge in [0.2, 0.25) is 0 Å². The van der Waals surface area contributed by atoms with E-state index in [1.54, 1.807) is 6.92 Å². The van der Waals surface area contributed by atoms with Crippen molar-refractivity contribution in [1.29, 1.82) is 0 Å². The Kier molecular flexibility index (Phi) is 7.94. The lowest BCUT2D eigenvalue weighted by Crippen LogP contribution is -2.48. The molecule has 0 aromatic heterocycles. The van der Waals surface area contributed by atoms with Crippen molar-refractivity contribution in [3.05, 3.63) is 65.0 Å². The molecule has 202 valence electrons. The predicted molar refractivity (Wildman–Crippen MR) is 122 cm³/mol. The van der Waals surface area contributed by atoms with Crippen molar-refractivity contribution < 1.29 is 40.3 Å². The number of alkyl halides is 6. The lowest BCUT2D eigenvalue weighted by Gasteiger charge is -2.33. The topological polar surface area (TPSA) is 55.9 Å². The summed E-state index contributed by atoms with van der Waals surface area (Å²) in [6.07, 6.45) is -10.1. The van der Waals surface area contributed by atoms with Crippen molar-refractivity contribution in [1.82, 2.24) is 15.1 Å². The molecule has 2 aromatic rings. The first-order chi connectivity index (χ1) is 17.1. The van der Waals surface area contributed by atoms with Crippen molar-refractivity contribution >= 4 is 17.7 Å². The molecule has 0 bridgehead atoms. The van der Waals surface area contributed by atoms with Crippen molar-refractivity contribution in [3.8, 4) is 0 Å². The molecule has 1 saturated heterocycles. The summed E-state index contributed by atoms with van der Waals surface area (Å²) in [6.45, 7) is 2.26. The second-order valence-corrected chi connectivity index (χ2v) is 8.68. The third kappa shape index (κ3) is 6.25. The number of anilines is 1. The van der Waals surface area contributed by atoms with E-state index in [0.717, 1.165) is 7.05 Å². The average Bonchev–Trinajstić information content (AvgIpc) is 3.27. The number of nitrogens with one attached hydrogen (secondary N) is 1. The molecule has 37 heavy (non-hydrogen) atoms. The van der Waals surface area contributed by atoms with E-state index < -0.39 is 59.0 Å². The Balaban J connectivity index is 1.95. The van der Waals surface area contributed by atoms with Gasteiger partial charge in [-0.1, -0.05) is 12.1 Å². The smallest absolute Gasteiger partial charge is 0.338 e. The van der Waals surface area contributed by atoms with Crippen LogP contribution in [0.4, 0.5) is 46.0 Å². The second-order valence-electron chi connectivity index (χ2n) is 8.68. The van der Waals surface area contributed by atoms with E-state index in [9.17, 15) is 40.3 Å². The number of hydrogen-bond donors (Lipinski definition) is 1. The van der Waals surface area contributed by atoms with Crippen LogP contribution >= 0.6 is 0 Å². The maximum Gasteiger partial charge on any atom is 0.416 e. The molecule has 3 rings (SSSR count). The molecule has 4 amide bonds. The fourth-order valence-corrected chi connectivity index (χ4v) is 4.27. The first-order valence-electron chi connectivity index (χ1n) is 11.2. The lowest BCUT2D eigenvalue weighted by atomic mass is 9.93. The SMILES string of the molecule is CCNC(=O)N1C[C@@H](N(C)C(=O)N(C)c2cc(C(F)(F)F)cc(C(F)(F)F)c2)[C@H](c2ccc(F)cc2)C1. The molecule has 1 fully saturated rings. The van der Waals surface area contributed by atoms with Crippen LogP contribution < -0.4 is 10.2 Å².